The minimum Gasteiger partial charge on any atom is -1.00 e. The number of hydrogen-bond acceptors (Lipinski definition) is 2. The molecular formula is C3H4FNaO3. The van der Waals surface area contributed by atoms with Gasteiger partial charge in [0.05, 0.1) is 0 Å². The quantitative estimate of drug-likeness (QED) is 0.315. The average Bonchev–Trinajstić information content (AvgIpc) is 1.65. The first kappa shape index (κ1) is 10.9. The van der Waals surface area contributed by atoms with Crippen molar-refractivity contribution in [2.24, 2.45) is 0 Å². The summed E-state index contributed by atoms with van der Waals surface area (Å²) < 4.78 is 10.9. The van der Waals surface area contributed by atoms with Crippen LogP contribution in [0.3, 0.4) is 0 Å². The van der Waals surface area contributed by atoms with Crippen LogP contribution in [0.2, 0.25) is 0 Å². The van der Waals surface area contributed by atoms with Gasteiger partial charge < -0.3 is 6.53 Å². The van der Waals surface area contributed by atoms with Crippen LogP contribution in [-0.4, -0.2) is 23.5 Å². The monoisotopic (exact) mass is 130 g/mol. The van der Waals surface area contributed by atoms with Gasteiger partial charge in [-0.15, -0.1) is 0 Å². The van der Waals surface area contributed by atoms with Crippen molar-refractivity contribution in [3.8, 4) is 0 Å². The molecular weight excluding hydrogens is 126 g/mol. The molecule has 3 nitrogen and oxygen atoms in total. The largest absolute Gasteiger partial charge is 1.00 e. The molecule has 42 valence electrons. The maximum Gasteiger partial charge on any atom is 1.00 e. The topological polar surface area (TPSA) is 54.4 Å². The second-order valence-electron chi connectivity index (χ2n) is 0.862. The van der Waals surface area contributed by atoms with Crippen LogP contribution in [-0.2, 0) is 9.59 Å². The smallest absolute Gasteiger partial charge is 1.00 e. The zero-order chi connectivity index (χ0) is 5.86. The Bertz CT molecular complexity index is 107. The van der Waals surface area contributed by atoms with Gasteiger partial charge >= 0.3 is 35.5 Å². The minimum atomic E-state index is -1.72. The SMILES string of the molecule is O=C(O)C(=O)CF.[H-].[Na+]. The Kier molecular flexibility index (Phi) is 7.13. The van der Waals surface area contributed by atoms with Crippen LogP contribution in [0.15, 0.2) is 0 Å². The molecule has 0 heterocycles. The third kappa shape index (κ3) is 4.23. The fourth-order valence-electron chi connectivity index (χ4n) is 0.0572. The molecule has 0 bridgehead atoms. The van der Waals surface area contributed by atoms with Gasteiger partial charge in [0, 0.05) is 0 Å². The van der Waals surface area contributed by atoms with E-state index in [-0.39, 0.29) is 31.0 Å². The normalized spacial score (nSPS) is 7.12. The summed E-state index contributed by atoms with van der Waals surface area (Å²) in [6.45, 7) is -1.42. The van der Waals surface area contributed by atoms with Crippen molar-refractivity contribution in [2.45, 2.75) is 0 Å². The molecule has 0 fully saturated rings. The summed E-state index contributed by atoms with van der Waals surface area (Å²) in [4.78, 5) is 18.9. The van der Waals surface area contributed by atoms with Gasteiger partial charge in [-0.05, 0) is 0 Å². The molecule has 0 aromatic carbocycles. The average molecular weight is 130 g/mol. The molecule has 0 aromatic rings. The fraction of sp³-hybridized carbons (Fsp3) is 0.333. The summed E-state index contributed by atoms with van der Waals surface area (Å²) in [5.74, 6) is -3.12. The first-order valence-corrected chi connectivity index (χ1v) is 1.50. The van der Waals surface area contributed by atoms with Gasteiger partial charge in [0.1, 0.15) is 0 Å². The van der Waals surface area contributed by atoms with Crippen LogP contribution in [0.5, 0.6) is 0 Å². The van der Waals surface area contributed by atoms with Crippen LogP contribution in [0, 0.1) is 0 Å². The van der Waals surface area contributed by atoms with Crippen LogP contribution in [0.1, 0.15) is 1.43 Å². The van der Waals surface area contributed by atoms with Crippen molar-refractivity contribution in [1.29, 1.82) is 0 Å². The van der Waals surface area contributed by atoms with E-state index in [0.29, 0.717) is 0 Å². The second-order valence-corrected chi connectivity index (χ2v) is 0.862. The Balaban J connectivity index is -0.000000180. The number of ketones is 1. The summed E-state index contributed by atoms with van der Waals surface area (Å²) in [6.07, 6.45) is 0. The maximum absolute atomic E-state index is 10.9. The van der Waals surface area contributed by atoms with Crippen molar-refractivity contribution in [3.63, 3.8) is 0 Å². The molecule has 0 saturated heterocycles. The Hall–Kier alpha value is 0.0700. The predicted molar refractivity (Wildman–Crippen MR) is 19.7 cm³/mol. The number of Topliss-reactive ketones (excluding diaryl/α,β-unsaturated/α-hetero) is 1. The molecule has 0 atom stereocenters. The third-order valence-corrected chi connectivity index (χ3v) is 0.360. The number of hydrogen-bond donors (Lipinski definition) is 1. The van der Waals surface area contributed by atoms with Crippen LogP contribution in [0.4, 0.5) is 4.39 Å². The summed E-state index contributed by atoms with van der Waals surface area (Å²) in [6, 6.07) is 0. The van der Waals surface area contributed by atoms with Crippen LogP contribution in [0.25, 0.3) is 0 Å². The minimum absolute atomic E-state index is 0. The summed E-state index contributed by atoms with van der Waals surface area (Å²) >= 11 is 0. The van der Waals surface area contributed by atoms with E-state index in [0.717, 1.165) is 0 Å². The molecule has 0 unspecified atom stereocenters. The van der Waals surface area contributed by atoms with Crippen molar-refractivity contribution in [2.75, 3.05) is 6.67 Å². The number of halogens is 1. The van der Waals surface area contributed by atoms with E-state index in [9.17, 15) is 14.0 Å². The maximum atomic E-state index is 10.9. The number of aliphatic carboxylic acids is 1. The molecule has 0 radical (unpaired) electrons. The number of carbonyl (C=O) groups is 2. The van der Waals surface area contributed by atoms with Gasteiger partial charge in [-0.2, -0.15) is 0 Å². The van der Waals surface area contributed by atoms with Gasteiger partial charge in [-0.25, -0.2) is 9.18 Å². The van der Waals surface area contributed by atoms with E-state index in [4.69, 9.17) is 5.11 Å². The Morgan fingerprint density at radius 1 is 1.62 bits per heavy atom. The van der Waals surface area contributed by atoms with Crippen molar-refractivity contribution >= 4 is 11.8 Å². The third-order valence-electron chi connectivity index (χ3n) is 0.360. The molecule has 5 heteroatoms. The van der Waals surface area contributed by atoms with E-state index < -0.39 is 18.4 Å². The standard InChI is InChI=1S/C3H3FO3.Na.H/c4-1-2(5)3(6)7;;/h1H2,(H,6,7);;/q;+1;-1. The van der Waals surface area contributed by atoms with E-state index in [1.54, 1.807) is 0 Å². The van der Waals surface area contributed by atoms with E-state index in [2.05, 4.69) is 0 Å². The molecule has 0 saturated carbocycles. The summed E-state index contributed by atoms with van der Waals surface area (Å²) in [5, 5.41) is 7.59. The van der Waals surface area contributed by atoms with Gasteiger partial charge in [0.25, 0.3) is 5.78 Å². The molecule has 0 amide bonds. The Morgan fingerprint density at radius 3 is 2.00 bits per heavy atom. The fourth-order valence-corrected chi connectivity index (χ4v) is 0.0572. The van der Waals surface area contributed by atoms with Gasteiger partial charge in [0.15, 0.2) is 6.67 Å². The number of rotatable bonds is 2. The number of carboxylic acid groups (broad SMARTS) is 1. The number of carboxylic acids is 1. The van der Waals surface area contributed by atoms with Crippen LogP contribution >= 0.6 is 0 Å². The van der Waals surface area contributed by atoms with Crippen molar-refractivity contribution < 1.29 is 50.1 Å². The van der Waals surface area contributed by atoms with Gasteiger partial charge in [0.2, 0.25) is 0 Å². The van der Waals surface area contributed by atoms with Gasteiger partial charge in [-0.1, -0.05) is 0 Å². The summed E-state index contributed by atoms with van der Waals surface area (Å²) in [5.41, 5.74) is 0. The number of alkyl halides is 1. The van der Waals surface area contributed by atoms with Crippen molar-refractivity contribution in [3.05, 3.63) is 0 Å². The zero-order valence-corrected chi connectivity index (χ0v) is 6.35. The van der Waals surface area contributed by atoms with Gasteiger partial charge in [-0.3, -0.25) is 4.79 Å². The Labute approximate surface area is 68.7 Å². The molecule has 0 aliphatic carbocycles. The molecule has 0 aliphatic rings. The van der Waals surface area contributed by atoms with E-state index >= 15 is 0 Å². The molecule has 0 aliphatic heterocycles. The van der Waals surface area contributed by atoms with E-state index in [1.807, 2.05) is 0 Å². The molecule has 0 rings (SSSR count). The van der Waals surface area contributed by atoms with E-state index in [1.165, 1.54) is 0 Å². The van der Waals surface area contributed by atoms with Crippen molar-refractivity contribution in [1.82, 2.24) is 0 Å². The molecule has 0 spiro atoms. The molecule has 8 heavy (non-hydrogen) atoms. The first-order valence-electron chi connectivity index (χ1n) is 1.50. The second kappa shape index (κ2) is 5.21. The molecule has 1 N–H and O–H groups in total. The van der Waals surface area contributed by atoms with Crippen LogP contribution < -0.4 is 29.6 Å². The predicted octanol–water partition coefficient (Wildman–Crippen LogP) is -3.27. The Morgan fingerprint density at radius 2 is 2.00 bits per heavy atom. The first-order chi connectivity index (χ1) is 3.18. The molecule has 0 aromatic heterocycles. The zero-order valence-electron chi connectivity index (χ0n) is 5.35. The summed E-state index contributed by atoms with van der Waals surface area (Å²) in [7, 11) is 0. The number of carbonyl (C=O) groups excluding carboxylic acids is 1.